The number of carboxylic acid groups (broad SMARTS) is 1. The van der Waals surface area contributed by atoms with Crippen molar-refractivity contribution in [1.82, 2.24) is 5.32 Å². The number of halogens is 1. The molecule has 0 aromatic rings. The van der Waals surface area contributed by atoms with Gasteiger partial charge in [-0.15, -0.1) is 24.0 Å². The number of amides is 1. The first-order chi connectivity index (χ1) is 6.83. The molecule has 6 heteroatoms. The SMILES string of the molecule is CCCCNC(=O)[O-].C[N+](C)(C)CCO.I. The third-order valence-corrected chi connectivity index (χ3v) is 1.57. The number of aliphatic hydroxyl groups excluding tert-OH is 1. The lowest BCUT2D eigenvalue weighted by atomic mass is 10.3. The summed E-state index contributed by atoms with van der Waals surface area (Å²) in [7, 11) is 6.16. The second-order valence-corrected chi connectivity index (χ2v) is 4.31. The number of unbranched alkanes of at least 4 members (excludes halogenated alkanes) is 1. The number of carbonyl (C=O) groups excluding carboxylic acids is 1. The van der Waals surface area contributed by atoms with Gasteiger partial charge in [0.25, 0.3) is 0 Å². The number of aliphatic hydroxyl groups is 1. The standard InChI is InChI=1S/C5H11NO2.C5H14NO.HI/c1-2-3-4-6-5(7)8;1-6(2,3)4-5-7;/h6H,2-4H2,1H3,(H,7,8);7H,4-5H2,1-3H3;1H/q;+1;/p-1. The molecule has 0 saturated heterocycles. The van der Waals surface area contributed by atoms with Crippen molar-refractivity contribution < 1.29 is 19.5 Å². The van der Waals surface area contributed by atoms with Crippen LogP contribution in [-0.2, 0) is 0 Å². The first-order valence-corrected chi connectivity index (χ1v) is 5.19. The minimum Gasteiger partial charge on any atom is -0.530 e. The van der Waals surface area contributed by atoms with Crippen LogP contribution >= 0.6 is 24.0 Å². The van der Waals surface area contributed by atoms with Gasteiger partial charge in [-0.2, -0.15) is 0 Å². The summed E-state index contributed by atoms with van der Waals surface area (Å²) in [5.74, 6) is 0. The Morgan fingerprint density at radius 3 is 2.06 bits per heavy atom. The number of likely N-dealkylation sites (N-methyl/N-ethyl adjacent to an activating group) is 1. The molecule has 0 bridgehead atoms. The Hall–Kier alpha value is -0.0800. The molecule has 0 aliphatic carbocycles. The molecule has 0 saturated carbocycles. The molecule has 0 aliphatic heterocycles. The van der Waals surface area contributed by atoms with E-state index in [2.05, 4.69) is 26.5 Å². The Balaban J connectivity index is -0.000000200. The van der Waals surface area contributed by atoms with E-state index >= 15 is 0 Å². The molecule has 0 unspecified atom stereocenters. The zero-order valence-corrected chi connectivity index (χ0v) is 13.0. The number of rotatable bonds is 5. The van der Waals surface area contributed by atoms with E-state index in [1.165, 1.54) is 0 Å². The van der Waals surface area contributed by atoms with E-state index in [0.29, 0.717) is 6.54 Å². The molecule has 0 aromatic carbocycles. The van der Waals surface area contributed by atoms with Crippen molar-refractivity contribution >= 4 is 30.1 Å². The van der Waals surface area contributed by atoms with E-state index in [4.69, 9.17) is 5.11 Å². The molecule has 16 heavy (non-hydrogen) atoms. The van der Waals surface area contributed by atoms with Crippen LogP contribution in [0, 0.1) is 0 Å². The summed E-state index contributed by atoms with van der Waals surface area (Å²) < 4.78 is 0.844. The van der Waals surface area contributed by atoms with E-state index in [1.54, 1.807) is 0 Å². The first-order valence-electron chi connectivity index (χ1n) is 5.19. The highest BCUT2D eigenvalue weighted by atomic mass is 127. The zero-order valence-electron chi connectivity index (χ0n) is 10.7. The van der Waals surface area contributed by atoms with Gasteiger partial charge in [-0.1, -0.05) is 13.3 Å². The van der Waals surface area contributed by atoms with Crippen LogP contribution in [0.5, 0.6) is 0 Å². The van der Waals surface area contributed by atoms with Crippen molar-refractivity contribution in [2.75, 3.05) is 40.8 Å². The largest absolute Gasteiger partial charge is 0.530 e. The van der Waals surface area contributed by atoms with Crippen molar-refractivity contribution in [2.45, 2.75) is 19.8 Å². The minimum atomic E-state index is -1.18. The normalized spacial score (nSPS) is 9.56. The molecule has 5 nitrogen and oxygen atoms in total. The Bertz CT molecular complexity index is 161. The van der Waals surface area contributed by atoms with Crippen molar-refractivity contribution in [3.63, 3.8) is 0 Å². The monoisotopic (exact) mass is 348 g/mol. The number of nitrogens with zero attached hydrogens (tertiary/aromatic N) is 1. The van der Waals surface area contributed by atoms with Crippen LogP contribution in [0.3, 0.4) is 0 Å². The molecule has 0 aromatic heterocycles. The van der Waals surface area contributed by atoms with E-state index in [1.807, 2.05) is 6.92 Å². The Morgan fingerprint density at radius 1 is 1.38 bits per heavy atom. The molecule has 0 atom stereocenters. The summed E-state index contributed by atoms with van der Waals surface area (Å²) in [6.07, 6.45) is 0.701. The quantitative estimate of drug-likeness (QED) is 0.418. The van der Waals surface area contributed by atoms with Gasteiger partial charge in [-0.05, 0) is 6.42 Å². The lowest BCUT2D eigenvalue weighted by Gasteiger charge is -2.21. The number of hydrogen-bond donors (Lipinski definition) is 2. The van der Waals surface area contributed by atoms with Crippen molar-refractivity contribution in [2.24, 2.45) is 0 Å². The predicted octanol–water partition coefficient (Wildman–Crippen LogP) is 0.0223. The van der Waals surface area contributed by atoms with Gasteiger partial charge in [-0.25, -0.2) is 0 Å². The average molecular weight is 348 g/mol. The summed E-state index contributed by atoms with van der Waals surface area (Å²) in [5.41, 5.74) is 0. The summed E-state index contributed by atoms with van der Waals surface area (Å²) in [6.45, 7) is 3.62. The highest BCUT2D eigenvalue weighted by Gasteiger charge is 2.02. The summed E-state index contributed by atoms with van der Waals surface area (Å²) in [5, 5.41) is 20.2. The number of carbonyl (C=O) groups is 1. The Kier molecular flexibility index (Phi) is 17.2. The maximum atomic E-state index is 9.65. The molecule has 100 valence electrons. The van der Waals surface area contributed by atoms with Crippen molar-refractivity contribution in [3.05, 3.63) is 0 Å². The Morgan fingerprint density at radius 2 is 1.88 bits per heavy atom. The third-order valence-electron chi connectivity index (χ3n) is 1.57. The highest BCUT2D eigenvalue weighted by Crippen LogP contribution is 1.84. The van der Waals surface area contributed by atoms with E-state index in [-0.39, 0.29) is 30.6 Å². The molecule has 0 heterocycles. The summed E-state index contributed by atoms with van der Waals surface area (Å²) in [6, 6.07) is 0. The number of quaternary nitrogens is 1. The van der Waals surface area contributed by atoms with Gasteiger partial charge in [0.15, 0.2) is 0 Å². The first kappa shape index (κ1) is 21.2. The minimum absolute atomic E-state index is 0. The number of hydrogen-bond acceptors (Lipinski definition) is 3. The fourth-order valence-corrected chi connectivity index (χ4v) is 0.667. The lowest BCUT2D eigenvalue weighted by molar-refractivity contribution is -0.870. The second-order valence-electron chi connectivity index (χ2n) is 4.31. The molecule has 0 fully saturated rings. The molecular formula is C10H25IN2O3. The molecule has 0 aliphatic rings. The van der Waals surface area contributed by atoms with Gasteiger partial charge in [0.1, 0.15) is 12.6 Å². The predicted molar refractivity (Wildman–Crippen MR) is 73.7 cm³/mol. The van der Waals surface area contributed by atoms with Crippen LogP contribution in [0.4, 0.5) is 4.79 Å². The molecular weight excluding hydrogens is 323 g/mol. The fraction of sp³-hybridized carbons (Fsp3) is 0.900. The van der Waals surface area contributed by atoms with E-state index in [0.717, 1.165) is 23.9 Å². The fourth-order valence-electron chi connectivity index (χ4n) is 0.667. The van der Waals surface area contributed by atoms with Crippen LogP contribution in [0.15, 0.2) is 0 Å². The third kappa shape index (κ3) is 29.2. The van der Waals surface area contributed by atoms with Crippen LogP contribution in [0.1, 0.15) is 19.8 Å². The maximum absolute atomic E-state index is 9.65. The van der Waals surface area contributed by atoms with Gasteiger partial charge in [0, 0.05) is 6.54 Å². The van der Waals surface area contributed by atoms with Crippen LogP contribution in [-0.4, -0.2) is 56.5 Å². The van der Waals surface area contributed by atoms with E-state index < -0.39 is 6.09 Å². The topological polar surface area (TPSA) is 72.4 Å². The van der Waals surface area contributed by atoms with Gasteiger partial charge in [-0.3, -0.25) is 0 Å². The molecule has 0 rings (SSSR count). The van der Waals surface area contributed by atoms with E-state index in [9.17, 15) is 9.90 Å². The summed E-state index contributed by atoms with van der Waals surface area (Å²) >= 11 is 0. The molecule has 0 spiro atoms. The van der Waals surface area contributed by atoms with Gasteiger partial charge in [0.2, 0.25) is 0 Å². The van der Waals surface area contributed by atoms with Gasteiger partial charge in [0.05, 0.1) is 27.7 Å². The van der Waals surface area contributed by atoms with Crippen LogP contribution < -0.4 is 10.4 Å². The molecule has 2 N–H and O–H groups in total. The zero-order chi connectivity index (χ0) is 12.3. The highest BCUT2D eigenvalue weighted by molar-refractivity contribution is 14.0. The lowest BCUT2D eigenvalue weighted by Crippen LogP contribution is -2.36. The number of nitrogens with one attached hydrogen (secondary N) is 1. The Labute approximate surface area is 115 Å². The molecule has 1 amide bonds. The maximum Gasteiger partial charge on any atom is 0.134 e. The van der Waals surface area contributed by atoms with Crippen molar-refractivity contribution in [1.29, 1.82) is 0 Å². The van der Waals surface area contributed by atoms with Crippen molar-refractivity contribution in [3.8, 4) is 0 Å². The molecule has 0 radical (unpaired) electrons. The second kappa shape index (κ2) is 13.0. The smallest absolute Gasteiger partial charge is 0.134 e. The summed E-state index contributed by atoms with van der Waals surface area (Å²) in [4.78, 5) is 9.65. The average Bonchev–Trinajstić information content (AvgIpc) is 2.02. The van der Waals surface area contributed by atoms with Gasteiger partial charge >= 0.3 is 0 Å². The van der Waals surface area contributed by atoms with Crippen LogP contribution in [0.2, 0.25) is 0 Å². The van der Waals surface area contributed by atoms with Crippen LogP contribution in [0.25, 0.3) is 0 Å². The van der Waals surface area contributed by atoms with Gasteiger partial charge < -0.3 is 24.8 Å².